The second kappa shape index (κ2) is 9.18. The van der Waals surface area contributed by atoms with Gasteiger partial charge in [-0.2, -0.15) is 5.26 Å². The van der Waals surface area contributed by atoms with E-state index >= 15 is 0 Å². The van der Waals surface area contributed by atoms with Crippen LogP contribution in [0.2, 0.25) is 0 Å². The molecule has 3 rings (SSSR count). The van der Waals surface area contributed by atoms with E-state index in [0.29, 0.717) is 28.2 Å². The average molecular weight is 417 g/mol. The fourth-order valence-electron chi connectivity index (χ4n) is 3.34. The fourth-order valence-corrected chi connectivity index (χ4v) is 3.34. The van der Waals surface area contributed by atoms with Gasteiger partial charge in [-0.3, -0.25) is 4.79 Å². The molecule has 2 aromatic rings. The first kappa shape index (κ1) is 21.7. The number of anilines is 1. The summed E-state index contributed by atoms with van der Waals surface area (Å²) in [7, 11) is 0. The molecule has 2 heterocycles. The Hall–Kier alpha value is -4.05. The number of benzene rings is 1. The van der Waals surface area contributed by atoms with Crippen LogP contribution in [-0.2, 0) is 9.53 Å². The summed E-state index contributed by atoms with van der Waals surface area (Å²) in [6, 6.07) is 9.32. The third-order valence-electron chi connectivity index (χ3n) is 4.88. The van der Waals surface area contributed by atoms with Gasteiger partial charge in [-0.15, -0.1) is 0 Å². The van der Waals surface area contributed by atoms with Crippen molar-refractivity contribution in [1.82, 2.24) is 0 Å². The van der Waals surface area contributed by atoms with Crippen LogP contribution in [0.25, 0.3) is 17.0 Å². The molecule has 0 saturated carbocycles. The first-order chi connectivity index (χ1) is 14.9. The molecular formula is C24H23N3O4. The molecule has 158 valence electrons. The first-order valence-corrected chi connectivity index (χ1v) is 9.89. The Morgan fingerprint density at radius 2 is 1.94 bits per heavy atom. The van der Waals surface area contributed by atoms with Gasteiger partial charge in [-0.05, 0) is 63.3 Å². The van der Waals surface area contributed by atoms with Crippen LogP contribution in [0.5, 0.6) is 0 Å². The number of primary amides is 1. The summed E-state index contributed by atoms with van der Waals surface area (Å²) in [6.45, 7) is 7.54. The van der Waals surface area contributed by atoms with Gasteiger partial charge in [-0.1, -0.05) is 0 Å². The Morgan fingerprint density at radius 1 is 1.19 bits per heavy atom. The topological polar surface area (TPSA) is 110 Å². The predicted octanol–water partition coefficient (Wildman–Crippen LogP) is 3.78. The molecule has 2 N–H and O–H groups in total. The molecular weight excluding hydrogens is 394 g/mol. The molecule has 0 aliphatic carbocycles. The van der Waals surface area contributed by atoms with E-state index in [-0.39, 0.29) is 5.57 Å². The molecule has 1 aliphatic heterocycles. The highest BCUT2D eigenvalue weighted by molar-refractivity contribution is 5.98. The lowest BCUT2D eigenvalue weighted by molar-refractivity contribution is -0.114. The summed E-state index contributed by atoms with van der Waals surface area (Å²) < 4.78 is 11.1. The number of hydrogen-bond acceptors (Lipinski definition) is 6. The number of nitrogens with two attached hydrogens (primary N) is 1. The molecule has 0 saturated heterocycles. The van der Waals surface area contributed by atoms with Gasteiger partial charge < -0.3 is 19.8 Å². The fraction of sp³-hybridized carbons (Fsp3) is 0.208. The molecule has 0 unspecified atom stereocenters. The predicted molar refractivity (Wildman–Crippen MR) is 120 cm³/mol. The quantitative estimate of drug-likeness (QED) is 0.435. The Bertz CT molecular complexity index is 1250. The first-order valence-electron chi connectivity index (χ1n) is 9.89. The SMILES string of the molecule is CCN(CC)c1ccc2cc(/C=C/C3=CC(=C(/C#N)C(N)=O)/C=C(C)O3)c(=O)oc2c1. The molecule has 7 nitrogen and oxygen atoms in total. The summed E-state index contributed by atoms with van der Waals surface area (Å²) in [5.41, 5.74) is 6.83. The van der Waals surface area contributed by atoms with Gasteiger partial charge in [0.2, 0.25) is 0 Å². The third kappa shape index (κ3) is 4.75. The summed E-state index contributed by atoms with van der Waals surface area (Å²) in [4.78, 5) is 26.1. The Kier molecular flexibility index (Phi) is 6.41. The monoisotopic (exact) mass is 417 g/mol. The van der Waals surface area contributed by atoms with Crippen molar-refractivity contribution in [2.45, 2.75) is 20.8 Å². The number of carbonyl (C=O) groups excluding carboxylic acids is 1. The van der Waals surface area contributed by atoms with Gasteiger partial charge in [0.25, 0.3) is 5.91 Å². The van der Waals surface area contributed by atoms with Crippen LogP contribution < -0.4 is 16.3 Å². The zero-order valence-corrected chi connectivity index (χ0v) is 17.6. The minimum atomic E-state index is -0.817. The van der Waals surface area contributed by atoms with Crippen LogP contribution in [0, 0.1) is 11.3 Å². The van der Waals surface area contributed by atoms with Crippen LogP contribution in [0.3, 0.4) is 0 Å². The number of rotatable bonds is 6. The zero-order valence-electron chi connectivity index (χ0n) is 17.6. The molecule has 1 aliphatic rings. The average Bonchev–Trinajstić information content (AvgIpc) is 2.73. The maximum absolute atomic E-state index is 12.5. The van der Waals surface area contributed by atoms with Crippen molar-refractivity contribution in [1.29, 1.82) is 5.26 Å². The van der Waals surface area contributed by atoms with Gasteiger partial charge in [0.1, 0.15) is 28.7 Å². The van der Waals surface area contributed by atoms with E-state index in [9.17, 15) is 9.59 Å². The highest BCUT2D eigenvalue weighted by Gasteiger charge is 2.14. The smallest absolute Gasteiger partial charge is 0.343 e. The lowest BCUT2D eigenvalue weighted by Gasteiger charge is -2.20. The standard InChI is InChI=1S/C24H23N3O4/c1-4-27(5-2)19-8-6-16-11-17(24(29)31-22(16)13-19)7-9-20-12-18(10-15(3)30-20)21(14-25)23(26)28/h6-13H,4-5H2,1-3H3,(H2,26,28)/b9-7+,21-18-. The molecule has 1 amide bonds. The second-order valence-electron chi connectivity index (χ2n) is 6.93. The van der Waals surface area contributed by atoms with Gasteiger partial charge in [0.05, 0.1) is 5.56 Å². The number of amides is 1. The Labute approximate surface area is 180 Å². The van der Waals surface area contributed by atoms with Crippen LogP contribution in [0.4, 0.5) is 5.69 Å². The molecule has 1 aromatic carbocycles. The van der Waals surface area contributed by atoms with Crippen LogP contribution in [-0.4, -0.2) is 19.0 Å². The van der Waals surface area contributed by atoms with Crippen molar-refractivity contribution >= 4 is 28.6 Å². The van der Waals surface area contributed by atoms with Gasteiger partial charge in [0.15, 0.2) is 0 Å². The van der Waals surface area contributed by atoms with Gasteiger partial charge in [-0.25, -0.2) is 4.79 Å². The number of ether oxygens (including phenoxy) is 1. The maximum Gasteiger partial charge on any atom is 0.343 e. The van der Waals surface area contributed by atoms with Crippen molar-refractivity contribution in [3.63, 3.8) is 0 Å². The summed E-state index contributed by atoms with van der Waals surface area (Å²) in [6.07, 6.45) is 6.22. The molecule has 7 heteroatoms. The maximum atomic E-state index is 12.5. The largest absolute Gasteiger partial charge is 0.462 e. The summed E-state index contributed by atoms with van der Waals surface area (Å²) in [5.74, 6) is 0.0308. The van der Waals surface area contributed by atoms with E-state index in [4.69, 9.17) is 20.1 Å². The minimum absolute atomic E-state index is 0.164. The summed E-state index contributed by atoms with van der Waals surface area (Å²) >= 11 is 0. The number of hydrogen-bond donors (Lipinski definition) is 1. The molecule has 0 atom stereocenters. The lowest BCUT2D eigenvalue weighted by Crippen LogP contribution is -2.21. The number of nitriles is 1. The van der Waals surface area contributed by atoms with E-state index in [0.717, 1.165) is 24.2 Å². The summed E-state index contributed by atoms with van der Waals surface area (Å²) in [5, 5.41) is 9.97. The molecule has 1 aromatic heterocycles. The minimum Gasteiger partial charge on any atom is -0.462 e. The zero-order chi connectivity index (χ0) is 22.5. The molecule has 0 spiro atoms. The van der Waals surface area contributed by atoms with E-state index in [1.54, 1.807) is 37.3 Å². The third-order valence-corrected chi connectivity index (χ3v) is 4.88. The van der Waals surface area contributed by atoms with Crippen LogP contribution in [0.15, 0.2) is 74.4 Å². The number of fused-ring (bicyclic) bond motifs is 1. The van der Waals surface area contributed by atoms with Crippen molar-refractivity contribution in [3.05, 3.63) is 81.1 Å². The highest BCUT2D eigenvalue weighted by atomic mass is 16.5. The van der Waals surface area contributed by atoms with Gasteiger partial charge >= 0.3 is 5.63 Å². The molecule has 0 bridgehead atoms. The lowest BCUT2D eigenvalue weighted by atomic mass is 10.0. The molecule has 0 radical (unpaired) electrons. The number of allylic oxidation sites excluding steroid dienone is 5. The molecule has 0 fully saturated rings. The van der Waals surface area contributed by atoms with Gasteiger partial charge in [0, 0.05) is 35.8 Å². The van der Waals surface area contributed by atoms with Crippen LogP contribution in [0.1, 0.15) is 26.3 Å². The molecule has 31 heavy (non-hydrogen) atoms. The van der Waals surface area contributed by atoms with Crippen molar-refractivity contribution in [2.75, 3.05) is 18.0 Å². The number of nitrogens with zero attached hydrogens (tertiary/aromatic N) is 2. The van der Waals surface area contributed by atoms with E-state index in [1.165, 1.54) is 6.08 Å². The second-order valence-corrected chi connectivity index (χ2v) is 6.93. The van der Waals surface area contributed by atoms with Crippen molar-refractivity contribution in [3.8, 4) is 6.07 Å². The van der Waals surface area contributed by atoms with Crippen LogP contribution >= 0.6 is 0 Å². The number of carbonyl (C=O) groups is 1. The van der Waals surface area contributed by atoms with Crippen molar-refractivity contribution in [2.24, 2.45) is 5.73 Å². The van der Waals surface area contributed by atoms with E-state index in [2.05, 4.69) is 18.7 Å². The Balaban J connectivity index is 1.96. The highest BCUT2D eigenvalue weighted by Crippen LogP contribution is 2.24. The normalized spacial score (nSPS) is 15.2. The Morgan fingerprint density at radius 3 is 2.58 bits per heavy atom. The van der Waals surface area contributed by atoms with Crippen molar-refractivity contribution < 1.29 is 13.9 Å². The van der Waals surface area contributed by atoms with E-state index in [1.807, 2.05) is 18.2 Å². The van der Waals surface area contributed by atoms with E-state index < -0.39 is 11.5 Å².